The van der Waals surface area contributed by atoms with Crippen molar-refractivity contribution in [1.29, 1.82) is 5.26 Å². The lowest BCUT2D eigenvalue weighted by Gasteiger charge is -2.08. The van der Waals surface area contributed by atoms with E-state index in [0.717, 1.165) is 0 Å². The Labute approximate surface area is 153 Å². The van der Waals surface area contributed by atoms with Crippen LogP contribution in [0.3, 0.4) is 0 Å². The highest BCUT2D eigenvalue weighted by atomic mass is 16.4. The number of nitrogens with one attached hydrogen (secondary N) is 3. The van der Waals surface area contributed by atoms with Crippen molar-refractivity contribution < 1.29 is 19.5 Å². The van der Waals surface area contributed by atoms with Crippen molar-refractivity contribution in [2.75, 3.05) is 10.6 Å². The first-order chi connectivity index (χ1) is 12.9. The Morgan fingerprint density at radius 1 is 1.07 bits per heavy atom. The Morgan fingerprint density at radius 2 is 1.85 bits per heavy atom. The molecular weight excluding hydrogens is 348 g/mol. The minimum Gasteiger partial charge on any atom is -0.478 e. The maximum atomic E-state index is 12.6. The van der Waals surface area contributed by atoms with Gasteiger partial charge in [-0.25, -0.2) is 4.79 Å². The molecule has 27 heavy (non-hydrogen) atoms. The van der Waals surface area contributed by atoms with E-state index in [9.17, 15) is 19.5 Å². The van der Waals surface area contributed by atoms with Crippen LogP contribution in [0.25, 0.3) is 10.9 Å². The summed E-state index contributed by atoms with van der Waals surface area (Å²) < 4.78 is 0. The lowest BCUT2D eigenvalue weighted by molar-refractivity contribution is -0.114. The number of aromatic nitrogens is 1. The predicted octanol–water partition coefficient (Wildman–Crippen LogP) is 2.95. The molecule has 0 saturated heterocycles. The normalized spacial score (nSPS) is 10.2. The van der Waals surface area contributed by atoms with Crippen molar-refractivity contribution in [3.8, 4) is 6.07 Å². The van der Waals surface area contributed by atoms with Gasteiger partial charge in [-0.2, -0.15) is 5.26 Å². The molecule has 134 valence electrons. The fourth-order valence-corrected chi connectivity index (χ4v) is 2.66. The number of nitrogens with zero attached hydrogens (tertiary/aromatic N) is 1. The van der Waals surface area contributed by atoms with Crippen LogP contribution in [0.1, 0.15) is 33.3 Å². The van der Waals surface area contributed by atoms with Gasteiger partial charge in [-0.15, -0.1) is 0 Å². The minimum atomic E-state index is -1.26. The molecule has 0 fully saturated rings. The number of aromatic carboxylic acids is 1. The van der Waals surface area contributed by atoms with E-state index in [2.05, 4.69) is 15.6 Å². The second-order valence-electron chi connectivity index (χ2n) is 5.77. The Morgan fingerprint density at radius 3 is 2.52 bits per heavy atom. The fraction of sp³-hybridized carbons (Fsp3) is 0.0526. The first-order valence-electron chi connectivity index (χ1n) is 7.87. The quantitative estimate of drug-likeness (QED) is 0.566. The highest BCUT2D eigenvalue weighted by Gasteiger charge is 2.17. The maximum absolute atomic E-state index is 12.6. The molecule has 8 nitrogen and oxygen atoms in total. The summed E-state index contributed by atoms with van der Waals surface area (Å²) in [6, 6.07) is 12.7. The summed E-state index contributed by atoms with van der Waals surface area (Å²) in [4.78, 5) is 38.2. The van der Waals surface area contributed by atoms with Gasteiger partial charge in [0.25, 0.3) is 5.91 Å². The van der Waals surface area contributed by atoms with Crippen molar-refractivity contribution in [3.63, 3.8) is 0 Å². The van der Waals surface area contributed by atoms with E-state index in [0.29, 0.717) is 16.6 Å². The van der Waals surface area contributed by atoms with Crippen LogP contribution < -0.4 is 10.6 Å². The third kappa shape index (κ3) is 3.62. The Bertz CT molecular complexity index is 1120. The maximum Gasteiger partial charge on any atom is 0.337 e. The van der Waals surface area contributed by atoms with Gasteiger partial charge in [0.15, 0.2) is 0 Å². The molecule has 0 spiro atoms. The number of para-hydroxylation sites is 1. The zero-order valence-electron chi connectivity index (χ0n) is 14.2. The van der Waals surface area contributed by atoms with Gasteiger partial charge in [0.1, 0.15) is 5.69 Å². The molecule has 2 aromatic carbocycles. The van der Waals surface area contributed by atoms with Gasteiger partial charge in [0.05, 0.1) is 34.1 Å². The number of carbonyl (C=O) groups excluding carboxylic acids is 2. The van der Waals surface area contributed by atoms with Crippen LogP contribution in [0.2, 0.25) is 0 Å². The summed E-state index contributed by atoms with van der Waals surface area (Å²) in [6.45, 7) is 1.38. The van der Waals surface area contributed by atoms with E-state index in [1.54, 1.807) is 24.3 Å². The standard InChI is InChI=1S/C19H14N4O4/c1-10(24)21-15-4-2-3-12-8-16(22-17(12)15)18(25)23-14-6-5-11(9-20)7-13(14)19(26)27/h2-8,22H,1H3,(H,21,24)(H,23,25)(H,26,27). The number of amides is 2. The van der Waals surface area contributed by atoms with Crippen LogP contribution in [0.4, 0.5) is 11.4 Å². The number of hydrogen-bond acceptors (Lipinski definition) is 4. The van der Waals surface area contributed by atoms with E-state index in [4.69, 9.17) is 5.26 Å². The lowest BCUT2D eigenvalue weighted by Crippen LogP contribution is -2.15. The molecule has 8 heteroatoms. The second kappa shape index (κ2) is 7.01. The largest absolute Gasteiger partial charge is 0.478 e. The van der Waals surface area contributed by atoms with Crippen molar-refractivity contribution in [3.05, 3.63) is 59.3 Å². The number of H-pyrrole nitrogens is 1. The molecule has 0 saturated carbocycles. The first-order valence-corrected chi connectivity index (χ1v) is 7.87. The van der Waals surface area contributed by atoms with Crippen LogP contribution in [-0.4, -0.2) is 27.9 Å². The molecule has 3 aromatic rings. The van der Waals surface area contributed by atoms with Crippen LogP contribution in [-0.2, 0) is 4.79 Å². The Kier molecular flexibility index (Phi) is 4.60. The van der Waals surface area contributed by atoms with Gasteiger partial charge in [-0.3, -0.25) is 9.59 Å². The lowest BCUT2D eigenvalue weighted by atomic mass is 10.1. The molecular formula is C19H14N4O4. The van der Waals surface area contributed by atoms with Crippen LogP contribution in [0.15, 0.2) is 42.5 Å². The van der Waals surface area contributed by atoms with Gasteiger partial charge in [0.2, 0.25) is 5.91 Å². The molecule has 4 N–H and O–H groups in total. The van der Waals surface area contributed by atoms with Gasteiger partial charge in [-0.05, 0) is 30.3 Å². The summed E-state index contributed by atoms with van der Waals surface area (Å²) in [5, 5.41) is 24.1. The zero-order valence-corrected chi connectivity index (χ0v) is 14.2. The van der Waals surface area contributed by atoms with Crippen molar-refractivity contribution in [1.82, 2.24) is 4.98 Å². The number of anilines is 2. The number of aromatic amines is 1. The first kappa shape index (κ1) is 17.7. The predicted molar refractivity (Wildman–Crippen MR) is 98.7 cm³/mol. The Balaban J connectivity index is 1.95. The van der Waals surface area contributed by atoms with Gasteiger partial charge >= 0.3 is 5.97 Å². The molecule has 3 rings (SSSR count). The summed E-state index contributed by atoms with van der Waals surface area (Å²) in [7, 11) is 0. The SMILES string of the molecule is CC(=O)Nc1cccc2cc(C(=O)Nc3ccc(C#N)cc3C(=O)O)[nH]c12. The summed E-state index contributed by atoms with van der Waals surface area (Å²) in [6.07, 6.45) is 0. The van der Waals surface area contributed by atoms with E-state index >= 15 is 0 Å². The van der Waals surface area contributed by atoms with E-state index in [1.807, 2.05) is 6.07 Å². The topological polar surface area (TPSA) is 135 Å². The third-order valence-corrected chi connectivity index (χ3v) is 3.84. The molecule has 2 amide bonds. The zero-order chi connectivity index (χ0) is 19.6. The molecule has 0 aliphatic rings. The summed E-state index contributed by atoms with van der Waals surface area (Å²) >= 11 is 0. The summed E-state index contributed by atoms with van der Waals surface area (Å²) in [5.74, 6) is -2.05. The molecule has 0 bridgehead atoms. The average Bonchev–Trinajstić information content (AvgIpc) is 3.07. The van der Waals surface area contributed by atoms with Gasteiger partial charge < -0.3 is 20.7 Å². The molecule has 0 aliphatic heterocycles. The highest BCUT2D eigenvalue weighted by Crippen LogP contribution is 2.25. The number of carboxylic acid groups (broad SMARTS) is 1. The van der Waals surface area contributed by atoms with E-state index in [-0.39, 0.29) is 28.4 Å². The van der Waals surface area contributed by atoms with Crippen LogP contribution >= 0.6 is 0 Å². The number of carboxylic acids is 1. The number of nitriles is 1. The summed E-state index contributed by atoms with van der Waals surface area (Å²) in [5.41, 5.74) is 1.38. The average molecular weight is 362 g/mol. The molecule has 0 aliphatic carbocycles. The fourth-order valence-electron chi connectivity index (χ4n) is 2.66. The number of carbonyl (C=O) groups is 3. The highest BCUT2D eigenvalue weighted by molar-refractivity contribution is 6.10. The van der Waals surface area contributed by atoms with E-state index in [1.165, 1.54) is 25.1 Å². The molecule has 0 atom stereocenters. The monoisotopic (exact) mass is 362 g/mol. The molecule has 0 unspecified atom stereocenters. The van der Waals surface area contributed by atoms with Gasteiger partial charge in [-0.1, -0.05) is 12.1 Å². The van der Waals surface area contributed by atoms with Crippen molar-refractivity contribution in [2.24, 2.45) is 0 Å². The van der Waals surface area contributed by atoms with Crippen molar-refractivity contribution in [2.45, 2.75) is 6.92 Å². The van der Waals surface area contributed by atoms with Crippen LogP contribution in [0, 0.1) is 11.3 Å². The molecule has 1 heterocycles. The third-order valence-electron chi connectivity index (χ3n) is 3.84. The van der Waals surface area contributed by atoms with E-state index < -0.39 is 11.9 Å². The number of benzene rings is 2. The molecule has 1 aromatic heterocycles. The Hall–Kier alpha value is -4.12. The minimum absolute atomic E-state index is 0.0761. The van der Waals surface area contributed by atoms with Crippen LogP contribution in [0.5, 0.6) is 0 Å². The number of hydrogen-bond donors (Lipinski definition) is 4. The molecule has 0 radical (unpaired) electrons. The van der Waals surface area contributed by atoms with Crippen molar-refractivity contribution >= 4 is 40.1 Å². The smallest absolute Gasteiger partial charge is 0.337 e. The number of rotatable bonds is 4. The van der Waals surface area contributed by atoms with Gasteiger partial charge in [0, 0.05) is 12.3 Å². The second-order valence-corrected chi connectivity index (χ2v) is 5.77. The number of fused-ring (bicyclic) bond motifs is 1.